The average molecular weight is 294 g/mol. The Labute approximate surface area is 126 Å². The van der Waals surface area contributed by atoms with Crippen LogP contribution in [0.5, 0.6) is 5.75 Å². The van der Waals surface area contributed by atoms with Crippen molar-refractivity contribution in [3.8, 4) is 5.75 Å². The molecule has 0 atom stereocenters. The Morgan fingerprint density at radius 3 is 2.50 bits per heavy atom. The van der Waals surface area contributed by atoms with Crippen LogP contribution in [0.15, 0.2) is 24.3 Å². The van der Waals surface area contributed by atoms with Gasteiger partial charge in [-0.05, 0) is 36.8 Å². The number of hydrogen-bond donors (Lipinski definition) is 2. The largest absolute Gasteiger partial charge is 0.497 e. The molecule has 1 fully saturated rings. The second-order valence-electron chi connectivity index (χ2n) is 5.10. The first-order valence-corrected chi connectivity index (χ1v) is 7.63. The van der Waals surface area contributed by atoms with Gasteiger partial charge in [-0.3, -0.25) is 0 Å². The number of nitrogens with one attached hydrogen (secondary N) is 2. The standard InChI is InChI=1S/C15H23N3OS/c1-3-17-8-10-18(11-9-17)15(20)16-12-13-4-6-14(19-2)7-5-13/h4-7H,3,8-12H2,1-2H3,(H,16,20)/p+1. The minimum atomic E-state index is 0.768. The summed E-state index contributed by atoms with van der Waals surface area (Å²) in [4.78, 5) is 3.94. The highest BCUT2D eigenvalue weighted by atomic mass is 32.1. The van der Waals surface area contributed by atoms with Crippen molar-refractivity contribution in [3.05, 3.63) is 29.8 Å². The maximum atomic E-state index is 5.48. The smallest absolute Gasteiger partial charge is 0.169 e. The Morgan fingerprint density at radius 1 is 1.30 bits per heavy atom. The second kappa shape index (κ2) is 7.45. The van der Waals surface area contributed by atoms with Crippen LogP contribution in [0.3, 0.4) is 0 Å². The zero-order valence-corrected chi connectivity index (χ0v) is 13.1. The van der Waals surface area contributed by atoms with Crippen LogP contribution in [0.1, 0.15) is 12.5 Å². The van der Waals surface area contributed by atoms with Crippen molar-refractivity contribution in [2.24, 2.45) is 0 Å². The van der Waals surface area contributed by atoms with Gasteiger partial charge in [0.25, 0.3) is 0 Å². The third-order valence-corrected chi connectivity index (χ3v) is 4.26. The number of likely N-dealkylation sites (N-methyl/N-ethyl adjacent to an activating group) is 1. The highest BCUT2D eigenvalue weighted by Gasteiger charge is 2.19. The first-order chi connectivity index (χ1) is 9.72. The molecule has 0 saturated carbocycles. The van der Waals surface area contributed by atoms with Crippen LogP contribution in [0.2, 0.25) is 0 Å². The van der Waals surface area contributed by atoms with Gasteiger partial charge in [0.2, 0.25) is 0 Å². The highest BCUT2D eigenvalue weighted by molar-refractivity contribution is 7.80. The monoisotopic (exact) mass is 294 g/mol. The van der Waals surface area contributed by atoms with Crippen molar-refractivity contribution in [1.29, 1.82) is 0 Å². The van der Waals surface area contributed by atoms with E-state index in [-0.39, 0.29) is 0 Å². The Kier molecular flexibility index (Phi) is 5.61. The number of benzene rings is 1. The topological polar surface area (TPSA) is 28.9 Å². The fraction of sp³-hybridized carbons (Fsp3) is 0.533. The first kappa shape index (κ1) is 15.1. The predicted octanol–water partition coefficient (Wildman–Crippen LogP) is 0.290. The van der Waals surface area contributed by atoms with Gasteiger partial charge < -0.3 is 19.9 Å². The molecule has 2 rings (SSSR count). The number of methoxy groups -OCH3 is 1. The van der Waals surface area contributed by atoms with Crippen LogP contribution in [0.25, 0.3) is 0 Å². The summed E-state index contributed by atoms with van der Waals surface area (Å²) in [6.45, 7) is 8.69. The van der Waals surface area contributed by atoms with Gasteiger partial charge in [0.05, 0.1) is 39.8 Å². The molecule has 1 aromatic rings. The third kappa shape index (κ3) is 4.08. The Hall–Kier alpha value is -1.33. The molecule has 1 aliphatic heterocycles. The number of rotatable bonds is 4. The molecular weight excluding hydrogens is 270 g/mol. The second-order valence-corrected chi connectivity index (χ2v) is 5.48. The molecule has 2 N–H and O–H groups in total. The van der Waals surface area contributed by atoms with Crippen molar-refractivity contribution in [2.75, 3.05) is 39.8 Å². The van der Waals surface area contributed by atoms with Gasteiger partial charge >= 0.3 is 0 Å². The number of quaternary nitrogens is 1. The molecule has 1 heterocycles. The van der Waals surface area contributed by atoms with E-state index in [0.29, 0.717) is 0 Å². The fourth-order valence-electron chi connectivity index (χ4n) is 2.41. The maximum Gasteiger partial charge on any atom is 0.169 e. The molecule has 1 saturated heterocycles. The first-order valence-electron chi connectivity index (χ1n) is 7.22. The molecular formula is C15H24N3OS+. The lowest BCUT2D eigenvalue weighted by Gasteiger charge is -2.33. The van der Waals surface area contributed by atoms with Gasteiger partial charge in [0.15, 0.2) is 5.11 Å². The number of piperazine rings is 1. The zero-order valence-electron chi connectivity index (χ0n) is 12.3. The molecule has 0 radical (unpaired) electrons. The van der Waals surface area contributed by atoms with Crippen LogP contribution in [-0.2, 0) is 6.54 Å². The van der Waals surface area contributed by atoms with Crippen LogP contribution >= 0.6 is 12.2 Å². The molecule has 5 heteroatoms. The third-order valence-electron chi connectivity index (χ3n) is 3.86. The van der Waals surface area contributed by atoms with Gasteiger partial charge in [-0.15, -0.1) is 0 Å². The summed E-state index contributed by atoms with van der Waals surface area (Å²) in [5.74, 6) is 0.884. The molecule has 1 aliphatic rings. The van der Waals surface area contributed by atoms with Crippen molar-refractivity contribution < 1.29 is 9.64 Å². The molecule has 0 bridgehead atoms. The van der Waals surface area contributed by atoms with Crippen molar-refractivity contribution in [3.63, 3.8) is 0 Å². The summed E-state index contributed by atoms with van der Waals surface area (Å²) >= 11 is 5.48. The highest BCUT2D eigenvalue weighted by Crippen LogP contribution is 2.11. The minimum absolute atomic E-state index is 0.768. The van der Waals surface area contributed by atoms with E-state index >= 15 is 0 Å². The molecule has 0 aromatic heterocycles. The summed E-state index contributed by atoms with van der Waals surface area (Å²) < 4.78 is 5.15. The minimum Gasteiger partial charge on any atom is -0.497 e. The van der Waals surface area contributed by atoms with E-state index in [1.807, 2.05) is 12.1 Å². The molecule has 0 spiro atoms. The van der Waals surface area contributed by atoms with Gasteiger partial charge in [-0.1, -0.05) is 12.1 Å². The number of hydrogen-bond acceptors (Lipinski definition) is 2. The van der Waals surface area contributed by atoms with E-state index in [4.69, 9.17) is 17.0 Å². The zero-order chi connectivity index (χ0) is 14.4. The summed E-state index contributed by atoms with van der Waals surface area (Å²) in [5, 5.41) is 4.22. The van der Waals surface area contributed by atoms with Crippen LogP contribution < -0.4 is 15.0 Å². The Bertz CT molecular complexity index is 427. The number of nitrogens with zero attached hydrogens (tertiary/aromatic N) is 1. The lowest BCUT2D eigenvalue weighted by molar-refractivity contribution is -0.902. The summed E-state index contributed by atoms with van der Waals surface area (Å²) in [5.41, 5.74) is 1.21. The summed E-state index contributed by atoms with van der Waals surface area (Å²) in [6.07, 6.45) is 0. The van der Waals surface area contributed by atoms with E-state index in [1.165, 1.54) is 25.2 Å². The van der Waals surface area contributed by atoms with E-state index < -0.39 is 0 Å². The van der Waals surface area contributed by atoms with Crippen molar-refractivity contribution in [2.45, 2.75) is 13.5 Å². The molecule has 0 unspecified atom stereocenters. The fourth-order valence-corrected chi connectivity index (χ4v) is 2.67. The van der Waals surface area contributed by atoms with Gasteiger partial charge in [-0.2, -0.15) is 0 Å². The lowest BCUT2D eigenvalue weighted by atomic mass is 10.2. The van der Waals surface area contributed by atoms with E-state index in [1.54, 1.807) is 12.0 Å². The van der Waals surface area contributed by atoms with Crippen LogP contribution in [-0.4, -0.2) is 49.8 Å². The van der Waals surface area contributed by atoms with Gasteiger partial charge in [0.1, 0.15) is 5.75 Å². The van der Waals surface area contributed by atoms with E-state index in [2.05, 4.69) is 29.3 Å². The Balaban J connectivity index is 1.77. The maximum absolute atomic E-state index is 5.48. The predicted molar refractivity (Wildman–Crippen MR) is 85.2 cm³/mol. The summed E-state index contributed by atoms with van der Waals surface area (Å²) in [6, 6.07) is 8.08. The quantitative estimate of drug-likeness (QED) is 0.781. The molecule has 110 valence electrons. The average Bonchev–Trinajstić information content (AvgIpc) is 2.53. The van der Waals surface area contributed by atoms with E-state index in [9.17, 15) is 0 Å². The molecule has 20 heavy (non-hydrogen) atoms. The summed E-state index contributed by atoms with van der Waals surface area (Å²) in [7, 11) is 1.68. The van der Waals surface area contributed by atoms with Gasteiger partial charge in [-0.25, -0.2) is 0 Å². The van der Waals surface area contributed by atoms with Crippen LogP contribution in [0.4, 0.5) is 0 Å². The molecule has 0 amide bonds. The number of thiocarbonyl (C=S) groups is 1. The van der Waals surface area contributed by atoms with Gasteiger partial charge in [0, 0.05) is 6.54 Å². The number of ether oxygens (including phenoxy) is 1. The SMILES string of the molecule is CC[NH+]1CCN(C(=S)NCc2ccc(OC)cc2)CC1. The van der Waals surface area contributed by atoms with Crippen molar-refractivity contribution >= 4 is 17.3 Å². The van der Waals surface area contributed by atoms with E-state index in [0.717, 1.165) is 30.5 Å². The van der Waals surface area contributed by atoms with Crippen molar-refractivity contribution in [1.82, 2.24) is 10.2 Å². The molecule has 4 nitrogen and oxygen atoms in total. The Morgan fingerprint density at radius 2 is 1.95 bits per heavy atom. The molecule has 1 aromatic carbocycles. The normalized spacial score (nSPS) is 16.0. The van der Waals surface area contributed by atoms with Crippen LogP contribution in [0, 0.1) is 0 Å². The lowest BCUT2D eigenvalue weighted by Crippen LogP contribution is -3.14. The molecule has 0 aliphatic carbocycles.